The molecule has 0 amide bonds. The minimum absolute atomic E-state index is 0.0182. The fourth-order valence-corrected chi connectivity index (χ4v) is 5.77. The number of ether oxygens (including phenoxy) is 1. The molecule has 0 aliphatic carbocycles. The van der Waals surface area contributed by atoms with Crippen LogP contribution in [0.5, 0.6) is 0 Å². The highest BCUT2D eigenvalue weighted by atomic mass is 32.2. The minimum Gasteiger partial charge on any atom is -0.368 e. The van der Waals surface area contributed by atoms with Crippen LogP contribution in [-0.4, -0.2) is 60.6 Å². The molecular formula is C27H26N6O7S2. The molecule has 1 unspecified atom stereocenters. The summed E-state index contributed by atoms with van der Waals surface area (Å²) < 4.78 is 74.2. The molecule has 1 fully saturated rings. The summed E-state index contributed by atoms with van der Waals surface area (Å²) in [6, 6.07) is 19.2. The third-order valence-corrected chi connectivity index (χ3v) is 7.99. The molecule has 0 radical (unpaired) electrons. The number of benzene rings is 3. The van der Waals surface area contributed by atoms with Crippen molar-refractivity contribution in [2.24, 2.45) is 0 Å². The molecule has 1 aliphatic heterocycles. The maximum atomic E-state index is 12.6. The SMILES string of the molecule is O=S(=O)(O)c1ccccc1C=Cc1cccc(Nc2nc(Nc3ccccc3)nc(C3CNCCO3)n2)c1S(=O)(=O)O. The number of nitrogens with zero attached hydrogens (tertiary/aromatic N) is 3. The van der Waals surface area contributed by atoms with Crippen LogP contribution in [0.25, 0.3) is 12.2 Å². The number of para-hydroxylation sites is 1. The Morgan fingerprint density at radius 3 is 2.14 bits per heavy atom. The van der Waals surface area contributed by atoms with E-state index in [1.54, 1.807) is 6.07 Å². The van der Waals surface area contributed by atoms with E-state index in [4.69, 9.17) is 4.74 Å². The van der Waals surface area contributed by atoms with Crippen molar-refractivity contribution < 1.29 is 30.7 Å². The predicted octanol–water partition coefficient (Wildman–Crippen LogP) is 3.68. The molecule has 218 valence electrons. The van der Waals surface area contributed by atoms with Gasteiger partial charge in [-0.1, -0.05) is 60.7 Å². The predicted molar refractivity (Wildman–Crippen MR) is 156 cm³/mol. The lowest BCUT2D eigenvalue weighted by Crippen LogP contribution is -2.34. The van der Waals surface area contributed by atoms with Gasteiger partial charge in [0.25, 0.3) is 20.2 Å². The Hall–Kier alpha value is -4.25. The van der Waals surface area contributed by atoms with E-state index in [0.717, 1.165) is 0 Å². The van der Waals surface area contributed by atoms with Crippen molar-refractivity contribution in [2.45, 2.75) is 15.9 Å². The van der Waals surface area contributed by atoms with Crippen molar-refractivity contribution in [1.29, 1.82) is 0 Å². The molecule has 0 bridgehead atoms. The first-order chi connectivity index (χ1) is 20.1. The minimum atomic E-state index is -4.82. The van der Waals surface area contributed by atoms with Crippen LogP contribution in [0.3, 0.4) is 0 Å². The highest BCUT2D eigenvalue weighted by molar-refractivity contribution is 7.86. The van der Waals surface area contributed by atoms with Crippen molar-refractivity contribution in [3.63, 3.8) is 0 Å². The van der Waals surface area contributed by atoms with E-state index in [-0.39, 0.29) is 33.6 Å². The molecule has 15 heteroatoms. The summed E-state index contributed by atoms with van der Waals surface area (Å²) in [5.74, 6) is 0.453. The lowest BCUT2D eigenvalue weighted by Gasteiger charge is -2.23. The smallest absolute Gasteiger partial charge is 0.297 e. The van der Waals surface area contributed by atoms with Gasteiger partial charge in [-0.05, 0) is 35.4 Å². The van der Waals surface area contributed by atoms with Gasteiger partial charge in [-0.3, -0.25) is 9.11 Å². The van der Waals surface area contributed by atoms with Gasteiger partial charge in [0, 0.05) is 18.8 Å². The van der Waals surface area contributed by atoms with Crippen molar-refractivity contribution >= 4 is 55.7 Å². The zero-order valence-electron chi connectivity index (χ0n) is 21.9. The standard InChI is InChI=1S/C27H26N6O7S2/c34-41(35,36)23-12-5-4-7-18(23)13-14-19-8-6-11-21(24(19)42(37,38)39)30-27-32-25(22-17-28-15-16-40-22)31-26(33-27)29-20-9-2-1-3-10-20/h1-14,22,28H,15-17H2,(H,34,35,36)(H,37,38,39)(H2,29,30,31,32,33). The maximum absolute atomic E-state index is 12.6. The van der Waals surface area contributed by atoms with Gasteiger partial charge >= 0.3 is 0 Å². The van der Waals surface area contributed by atoms with Gasteiger partial charge in [0.15, 0.2) is 5.82 Å². The molecule has 1 atom stereocenters. The Morgan fingerprint density at radius 2 is 1.45 bits per heavy atom. The summed E-state index contributed by atoms with van der Waals surface area (Å²) in [6.07, 6.45) is 2.13. The van der Waals surface area contributed by atoms with Crippen molar-refractivity contribution in [1.82, 2.24) is 20.3 Å². The van der Waals surface area contributed by atoms with Crippen molar-refractivity contribution in [2.75, 3.05) is 30.3 Å². The Morgan fingerprint density at radius 1 is 0.786 bits per heavy atom. The van der Waals surface area contributed by atoms with Crippen LogP contribution in [0.1, 0.15) is 23.1 Å². The normalized spacial score (nSPS) is 15.9. The van der Waals surface area contributed by atoms with Gasteiger partial charge in [-0.25, -0.2) is 0 Å². The van der Waals surface area contributed by atoms with E-state index in [0.29, 0.717) is 31.2 Å². The number of morpholine rings is 1. The molecule has 5 rings (SSSR count). The monoisotopic (exact) mass is 610 g/mol. The first-order valence-corrected chi connectivity index (χ1v) is 15.5. The highest BCUT2D eigenvalue weighted by Gasteiger charge is 2.24. The van der Waals surface area contributed by atoms with E-state index in [1.165, 1.54) is 48.6 Å². The number of aromatic nitrogens is 3. The van der Waals surface area contributed by atoms with Crippen LogP contribution >= 0.6 is 0 Å². The summed E-state index contributed by atoms with van der Waals surface area (Å²) in [5.41, 5.74) is 0.802. The molecular weight excluding hydrogens is 584 g/mol. The average Bonchev–Trinajstić information content (AvgIpc) is 2.96. The van der Waals surface area contributed by atoms with E-state index in [9.17, 15) is 25.9 Å². The highest BCUT2D eigenvalue weighted by Crippen LogP contribution is 2.30. The van der Waals surface area contributed by atoms with Crippen LogP contribution in [0.2, 0.25) is 0 Å². The van der Waals surface area contributed by atoms with Crippen LogP contribution in [0, 0.1) is 0 Å². The van der Waals surface area contributed by atoms with Gasteiger partial charge in [0.1, 0.15) is 15.9 Å². The number of anilines is 4. The molecule has 5 N–H and O–H groups in total. The number of rotatable bonds is 9. The van der Waals surface area contributed by atoms with Gasteiger partial charge in [-0.2, -0.15) is 31.8 Å². The summed E-state index contributed by atoms with van der Waals surface area (Å²) in [6.45, 7) is 1.58. The Kier molecular flexibility index (Phi) is 8.58. The number of hydrogen-bond donors (Lipinski definition) is 5. The quantitative estimate of drug-likeness (QED) is 0.136. The first-order valence-electron chi connectivity index (χ1n) is 12.6. The summed E-state index contributed by atoms with van der Waals surface area (Å²) in [5, 5.41) is 9.18. The number of hydrogen-bond acceptors (Lipinski definition) is 11. The van der Waals surface area contributed by atoms with Crippen molar-refractivity contribution in [3.8, 4) is 0 Å². The van der Waals surface area contributed by atoms with Gasteiger partial charge < -0.3 is 20.7 Å². The second kappa shape index (κ2) is 12.3. The molecule has 1 aliphatic rings. The maximum Gasteiger partial charge on any atom is 0.297 e. The molecule has 0 saturated carbocycles. The summed E-state index contributed by atoms with van der Waals surface area (Å²) in [7, 11) is -9.36. The van der Waals surface area contributed by atoms with Crippen LogP contribution < -0.4 is 16.0 Å². The molecule has 3 aromatic carbocycles. The topological polar surface area (TPSA) is 193 Å². The van der Waals surface area contributed by atoms with Crippen LogP contribution in [0.4, 0.5) is 23.3 Å². The Balaban J connectivity index is 1.55. The Bertz CT molecular complexity index is 1830. The average molecular weight is 611 g/mol. The van der Waals surface area contributed by atoms with Crippen molar-refractivity contribution in [3.05, 3.63) is 89.7 Å². The zero-order valence-corrected chi connectivity index (χ0v) is 23.5. The third-order valence-electron chi connectivity index (χ3n) is 6.09. The molecule has 0 spiro atoms. The summed E-state index contributed by atoms with van der Waals surface area (Å²) in [4.78, 5) is 12.5. The Labute approximate surface area is 242 Å². The van der Waals surface area contributed by atoms with Gasteiger partial charge in [0.05, 0.1) is 12.3 Å². The lowest BCUT2D eigenvalue weighted by atomic mass is 10.1. The fourth-order valence-electron chi connectivity index (χ4n) is 4.26. The molecule has 1 saturated heterocycles. The molecule has 1 aromatic heterocycles. The van der Waals surface area contributed by atoms with Crippen LogP contribution in [-0.2, 0) is 25.0 Å². The van der Waals surface area contributed by atoms with Gasteiger partial charge in [-0.15, -0.1) is 0 Å². The molecule has 13 nitrogen and oxygen atoms in total. The van der Waals surface area contributed by atoms with E-state index in [1.807, 2.05) is 30.3 Å². The van der Waals surface area contributed by atoms with Crippen LogP contribution in [0.15, 0.2) is 82.6 Å². The fraction of sp³-hybridized carbons (Fsp3) is 0.148. The third kappa shape index (κ3) is 7.14. The largest absolute Gasteiger partial charge is 0.368 e. The van der Waals surface area contributed by atoms with Gasteiger partial charge in [0.2, 0.25) is 11.9 Å². The van der Waals surface area contributed by atoms with E-state index >= 15 is 0 Å². The lowest BCUT2D eigenvalue weighted by molar-refractivity contribution is 0.0222. The molecule has 42 heavy (non-hydrogen) atoms. The second-order valence-corrected chi connectivity index (χ2v) is 11.8. The first kappa shape index (κ1) is 29.2. The number of nitrogens with one attached hydrogen (secondary N) is 3. The van der Waals surface area contributed by atoms with E-state index < -0.39 is 31.2 Å². The zero-order chi connectivity index (χ0) is 29.7. The van der Waals surface area contributed by atoms with E-state index in [2.05, 4.69) is 30.9 Å². The second-order valence-electron chi connectivity index (χ2n) is 9.07. The summed E-state index contributed by atoms with van der Waals surface area (Å²) >= 11 is 0. The molecule has 4 aromatic rings. The molecule has 2 heterocycles.